The summed E-state index contributed by atoms with van der Waals surface area (Å²) in [7, 11) is 0. The third kappa shape index (κ3) is 2.32. The molecule has 0 N–H and O–H groups in total. The van der Waals surface area contributed by atoms with Crippen molar-refractivity contribution in [1.29, 1.82) is 0 Å². The Bertz CT molecular complexity index is 712. The van der Waals surface area contributed by atoms with Gasteiger partial charge in [-0.05, 0) is 31.9 Å². The summed E-state index contributed by atoms with van der Waals surface area (Å²) < 4.78 is 0. The predicted molar refractivity (Wildman–Crippen MR) is 88.2 cm³/mol. The van der Waals surface area contributed by atoms with E-state index in [1.807, 2.05) is 31.3 Å². The largest absolute Gasteiger partial charge is 0.289 e. The molecule has 114 valence electrons. The first-order chi connectivity index (χ1) is 10.6. The Labute approximate surface area is 140 Å². The van der Waals surface area contributed by atoms with E-state index in [2.05, 4.69) is 14.9 Å². The molecule has 22 heavy (non-hydrogen) atoms. The van der Waals surface area contributed by atoms with Gasteiger partial charge in [0.2, 0.25) is 0 Å². The smallest absolute Gasteiger partial charge is 0.125 e. The van der Waals surface area contributed by atoms with Crippen molar-refractivity contribution in [2.75, 3.05) is 0 Å². The summed E-state index contributed by atoms with van der Waals surface area (Å²) in [6.45, 7) is 2.75. The second kappa shape index (κ2) is 5.48. The van der Waals surface area contributed by atoms with Crippen LogP contribution in [0.2, 0.25) is 10.0 Å². The highest BCUT2D eigenvalue weighted by atomic mass is 35.5. The first-order valence-corrected chi connectivity index (χ1v) is 8.40. The second-order valence-electron chi connectivity index (χ2n) is 6.14. The molecular weight excluding hydrogens is 317 g/mol. The van der Waals surface area contributed by atoms with Crippen molar-refractivity contribution in [2.24, 2.45) is 0 Å². The van der Waals surface area contributed by atoms with Crippen LogP contribution in [0.4, 0.5) is 0 Å². The lowest BCUT2D eigenvalue weighted by atomic mass is 9.98. The summed E-state index contributed by atoms with van der Waals surface area (Å²) in [6, 6.07) is 6.63. The Hall–Kier alpha value is -1.16. The number of hydrogen-bond donors (Lipinski definition) is 0. The SMILES string of the molecule is Cc1ncc2c(n1)CC1CCC2N1Cc1c(Cl)cccc1Cl. The van der Waals surface area contributed by atoms with Crippen molar-refractivity contribution in [1.82, 2.24) is 14.9 Å². The molecule has 0 spiro atoms. The predicted octanol–water partition coefficient (Wildman–Crippen LogP) is 4.35. The number of aromatic nitrogens is 2. The van der Waals surface area contributed by atoms with Gasteiger partial charge in [0.25, 0.3) is 0 Å². The Kier molecular flexibility index (Phi) is 3.60. The lowest BCUT2D eigenvalue weighted by molar-refractivity contribution is 0.166. The van der Waals surface area contributed by atoms with E-state index in [4.69, 9.17) is 23.2 Å². The molecule has 2 atom stereocenters. The topological polar surface area (TPSA) is 29.0 Å². The van der Waals surface area contributed by atoms with Gasteiger partial charge in [0.05, 0.1) is 5.69 Å². The van der Waals surface area contributed by atoms with Crippen molar-refractivity contribution in [2.45, 2.75) is 44.8 Å². The lowest BCUT2D eigenvalue weighted by Gasteiger charge is -2.36. The Balaban J connectivity index is 1.69. The van der Waals surface area contributed by atoms with Crippen LogP contribution < -0.4 is 0 Å². The highest BCUT2D eigenvalue weighted by Crippen LogP contribution is 2.44. The average Bonchev–Trinajstić information content (AvgIpc) is 2.76. The molecule has 0 saturated carbocycles. The van der Waals surface area contributed by atoms with E-state index in [1.54, 1.807) is 0 Å². The zero-order valence-corrected chi connectivity index (χ0v) is 13.9. The van der Waals surface area contributed by atoms with Crippen LogP contribution in [0.5, 0.6) is 0 Å². The highest BCUT2D eigenvalue weighted by molar-refractivity contribution is 6.35. The van der Waals surface area contributed by atoms with Crippen LogP contribution >= 0.6 is 23.2 Å². The minimum atomic E-state index is 0.390. The Morgan fingerprint density at radius 1 is 1.23 bits per heavy atom. The van der Waals surface area contributed by atoms with Crippen LogP contribution in [-0.2, 0) is 13.0 Å². The molecule has 1 saturated heterocycles. The van der Waals surface area contributed by atoms with Crippen molar-refractivity contribution in [3.8, 4) is 0 Å². The molecule has 5 heteroatoms. The maximum absolute atomic E-state index is 6.35. The molecule has 4 rings (SSSR count). The molecule has 2 bridgehead atoms. The molecule has 2 unspecified atom stereocenters. The fourth-order valence-corrected chi connectivity index (χ4v) is 4.30. The van der Waals surface area contributed by atoms with Crippen LogP contribution in [0.3, 0.4) is 0 Å². The average molecular weight is 334 g/mol. The number of aryl methyl sites for hydroxylation is 1. The summed E-state index contributed by atoms with van der Waals surface area (Å²) in [5, 5.41) is 1.50. The molecule has 2 aliphatic heterocycles. The fourth-order valence-electron chi connectivity index (χ4n) is 3.79. The molecule has 0 radical (unpaired) electrons. The van der Waals surface area contributed by atoms with Gasteiger partial charge in [-0.2, -0.15) is 0 Å². The number of rotatable bonds is 2. The number of halogens is 2. The van der Waals surface area contributed by atoms with Gasteiger partial charge in [0, 0.05) is 52.4 Å². The van der Waals surface area contributed by atoms with Crippen molar-refractivity contribution in [3.05, 3.63) is 57.1 Å². The molecule has 0 aliphatic carbocycles. The van der Waals surface area contributed by atoms with Gasteiger partial charge in [-0.3, -0.25) is 4.90 Å². The number of hydrogen-bond acceptors (Lipinski definition) is 3. The normalized spacial score (nSPS) is 23.6. The molecule has 3 nitrogen and oxygen atoms in total. The maximum atomic E-state index is 6.35. The van der Waals surface area contributed by atoms with E-state index in [0.29, 0.717) is 12.1 Å². The van der Waals surface area contributed by atoms with Crippen molar-refractivity contribution >= 4 is 23.2 Å². The zero-order valence-electron chi connectivity index (χ0n) is 12.4. The van der Waals surface area contributed by atoms with E-state index < -0.39 is 0 Å². The molecular formula is C17H17Cl2N3. The fraction of sp³-hybridized carbons (Fsp3) is 0.412. The van der Waals surface area contributed by atoms with Crippen LogP contribution in [0, 0.1) is 6.92 Å². The highest BCUT2D eigenvalue weighted by Gasteiger charge is 2.41. The van der Waals surface area contributed by atoms with Crippen LogP contribution in [0.1, 0.15) is 41.5 Å². The molecule has 1 aromatic heterocycles. The summed E-state index contributed by atoms with van der Waals surface area (Å²) in [4.78, 5) is 11.6. The minimum Gasteiger partial charge on any atom is -0.289 e. The lowest BCUT2D eigenvalue weighted by Crippen LogP contribution is -2.37. The third-order valence-electron chi connectivity index (χ3n) is 4.85. The monoisotopic (exact) mass is 333 g/mol. The van der Waals surface area contributed by atoms with Crippen LogP contribution in [0.15, 0.2) is 24.4 Å². The molecule has 3 heterocycles. The summed E-state index contributed by atoms with van der Waals surface area (Å²) in [6.07, 6.45) is 5.36. The summed E-state index contributed by atoms with van der Waals surface area (Å²) in [5.41, 5.74) is 3.53. The second-order valence-corrected chi connectivity index (χ2v) is 6.96. The van der Waals surface area contributed by atoms with Gasteiger partial charge in [-0.1, -0.05) is 29.3 Å². The Morgan fingerprint density at radius 3 is 2.77 bits per heavy atom. The van der Waals surface area contributed by atoms with E-state index in [0.717, 1.165) is 40.8 Å². The van der Waals surface area contributed by atoms with Crippen LogP contribution in [-0.4, -0.2) is 20.9 Å². The zero-order chi connectivity index (χ0) is 15.3. The maximum Gasteiger partial charge on any atom is 0.125 e. The third-order valence-corrected chi connectivity index (χ3v) is 5.56. The van der Waals surface area contributed by atoms with Crippen molar-refractivity contribution in [3.63, 3.8) is 0 Å². The summed E-state index contributed by atoms with van der Waals surface area (Å²) in [5.74, 6) is 0.862. The quantitative estimate of drug-likeness (QED) is 0.817. The van der Waals surface area contributed by atoms with Gasteiger partial charge in [-0.25, -0.2) is 9.97 Å². The standard InChI is InChI=1S/C17H17Cl2N3/c1-10-20-8-12-16(21-10)7-11-5-6-17(12)22(11)9-13-14(18)3-2-4-15(13)19/h2-4,8,11,17H,5-7,9H2,1H3. The van der Waals surface area contributed by atoms with Gasteiger partial charge in [-0.15, -0.1) is 0 Å². The summed E-state index contributed by atoms with van der Waals surface area (Å²) >= 11 is 12.7. The molecule has 2 aliphatic rings. The molecule has 0 amide bonds. The Morgan fingerprint density at radius 2 is 2.00 bits per heavy atom. The minimum absolute atomic E-state index is 0.390. The van der Waals surface area contributed by atoms with E-state index in [-0.39, 0.29) is 0 Å². The van der Waals surface area contributed by atoms with Gasteiger partial charge >= 0.3 is 0 Å². The number of nitrogens with zero attached hydrogens (tertiary/aromatic N) is 3. The van der Waals surface area contributed by atoms with Gasteiger partial charge in [0.1, 0.15) is 5.82 Å². The van der Waals surface area contributed by atoms with E-state index >= 15 is 0 Å². The first kappa shape index (κ1) is 14.4. The number of benzene rings is 1. The molecule has 1 aromatic carbocycles. The molecule has 1 fully saturated rings. The van der Waals surface area contributed by atoms with Gasteiger partial charge in [0.15, 0.2) is 0 Å². The van der Waals surface area contributed by atoms with Crippen LogP contribution in [0.25, 0.3) is 0 Å². The van der Waals surface area contributed by atoms with E-state index in [1.165, 1.54) is 17.7 Å². The van der Waals surface area contributed by atoms with Gasteiger partial charge < -0.3 is 0 Å². The van der Waals surface area contributed by atoms with E-state index in [9.17, 15) is 0 Å². The van der Waals surface area contributed by atoms with Crippen molar-refractivity contribution < 1.29 is 0 Å². The molecule has 2 aromatic rings. The number of fused-ring (bicyclic) bond motifs is 4. The first-order valence-electron chi connectivity index (χ1n) is 7.64.